The van der Waals surface area contributed by atoms with E-state index in [0.29, 0.717) is 32.0 Å². The molecule has 0 aliphatic heterocycles. The number of amides is 1. The molecule has 0 aliphatic carbocycles. The van der Waals surface area contributed by atoms with Gasteiger partial charge in [0.1, 0.15) is 17.5 Å². The molecule has 0 radical (unpaired) electrons. The maximum Gasteiger partial charge on any atom is 0.266 e. The molecule has 0 fully saturated rings. The lowest BCUT2D eigenvalue weighted by atomic mass is 10.2. The van der Waals surface area contributed by atoms with Crippen LogP contribution >= 0.6 is 11.3 Å². The van der Waals surface area contributed by atoms with E-state index in [-0.39, 0.29) is 11.5 Å². The largest absolute Gasteiger partial charge is 0.319 e. The number of thiophene rings is 1. The van der Waals surface area contributed by atoms with Gasteiger partial charge in [0.2, 0.25) is 0 Å². The van der Waals surface area contributed by atoms with E-state index in [2.05, 4.69) is 20.4 Å². The summed E-state index contributed by atoms with van der Waals surface area (Å²) in [5, 5.41) is 7.48. The van der Waals surface area contributed by atoms with Crippen molar-refractivity contribution in [2.75, 3.05) is 5.32 Å². The summed E-state index contributed by atoms with van der Waals surface area (Å²) >= 11 is 1.21. The molecule has 0 unspecified atom stereocenters. The lowest BCUT2D eigenvalue weighted by molar-refractivity contribution is 0.103. The third-order valence-electron chi connectivity index (χ3n) is 4.03. The third kappa shape index (κ3) is 2.58. The molecule has 0 saturated carbocycles. The fourth-order valence-electron chi connectivity index (χ4n) is 2.72. The van der Waals surface area contributed by atoms with Crippen molar-refractivity contribution in [1.82, 2.24) is 24.3 Å². The zero-order chi connectivity index (χ0) is 18.3. The molecular formula is C17H14N6O2S. The van der Waals surface area contributed by atoms with Gasteiger partial charge in [-0.3, -0.25) is 9.59 Å². The molecule has 26 heavy (non-hydrogen) atoms. The van der Waals surface area contributed by atoms with Gasteiger partial charge in [0.25, 0.3) is 11.5 Å². The van der Waals surface area contributed by atoms with Gasteiger partial charge >= 0.3 is 0 Å². The molecule has 130 valence electrons. The zero-order valence-corrected chi connectivity index (χ0v) is 14.8. The number of aryl methyl sites for hydroxylation is 2. The lowest BCUT2D eigenvalue weighted by Gasteiger charge is -2.10. The SMILES string of the molecule is Cc1c(C(=O)Nc2ccccc2-n2cncn2)sc2ncn(C)c(=O)c12. The van der Waals surface area contributed by atoms with Crippen LogP contribution in [0.5, 0.6) is 0 Å². The Labute approximate surface area is 151 Å². The maximum atomic E-state index is 12.8. The average Bonchev–Trinajstić information content (AvgIpc) is 3.27. The van der Waals surface area contributed by atoms with Gasteiger partial charge in [0, 0.05) is 7.05 Å². The standard InChI is InChI=1S/C17H14N6O2S/c1-10-13-16(19-9-22(2)17(13)25)26-14(10)15(24)21-11-5-3-4-6-12(11)23-8-18-7-20-23/h3-9H,1-2H3,(H,21,24). The van der Waals surface area contributed by atoms with E-state index in [9.17, 15) is 9.59 Å². The molecule has 1 amide bonds. The lowest BCUT2D eigenvalue weighted by Crippen LogP contribution is -2.17. The van der Waals surface area contributed by atoms with Crippen LogP contribution in [0.25, 0.3) is 15.9 Å². The van der Waals surface area contributed by atoms with Gasteiger partial charge in [-0.1, -0.05) is 12.1 Å². The monoisotopic (exact) mass is 366 g/mol. The summed E-state index contributed by atoms with van der Waals surface area (Å²) in [5.41, 5.74) is 1.77. The van der Waals surface area contributed by atoms with E-state index < -0.39 is 0 Å². The van der Waals surface area contributed by atoms with Gasteiger partial charge in [0.05, 0.1) is 28.0 Å². The fraction of sp³-hybridized carbons (Fsp3) is 0.118. The van der Waals surface area contributed by atoms with E-state index in [0.717, 1.165) is 0 Å². The van der Waals surface area contributed by atoms with E-state index in [1.54, 1.807) is 31.0 Å². The Balaban J connectivity index is 1.75. The van der Waals surface area contributed by atoms with Crippen LogP contribution in [0.2, 0.25) is 0 Å². The highest BCUT2D eigenvalue weighted by Gasteiger charge is 2.20. The molecule has 1 N–H and O–H groups in total. The summed E-state index contributed by atoms with van der Waals surface area (Å²) < 4.78 is 2.98. The quantitative estimate of drug-likeness (QED) is 0.599. The summed E-state index contributed by atoms with van der Waals surface area (Å²) in [6, 6.07) is 7.30. The minimum atomic E-state index is -0.292. The van der Waals surface area contributed by atoms with Gasteiger partial charge in [-0.25, -0.2) is 14.6 Å². The molecular weight excluding hydrogens is 352 g/mol. The summed E-state index contributed by atoms with van der Waals surface area (Å²) in [7, 11) is 1.64. The molecule has 0 atom stereocenters. The van der Waals surface area contributed by atoms with E-state index >= 15 is 0 Å². The summed E-state index contributed by atoms with van der Waals surface area (Å²) in [6.07, 6.45) is 4.45. The highest BCUT2D eigenvalue weighted by Crippen LogP contribution is 2.28. The molecule has 0 spiro atoms. The Morgan fingerprint density at radius 2 is 2.04 bits per heavy atom. The number of hydrogen-bond acceptors (Lipinski definition) is 6. The van der Waals surface area contributed by atoms with Crippen LogP contribution in [0.1, 0.15) is 15.2 Å². The number of anilines is 1. The number of para-hydroxylation sites is 2. The van der Waals surface area contributed by atoms with Crippen LogP contribution in [0.4, 0.5) is 5.69 Å². The Morgan fingerprint density at radius 1 is 1.23 bits per heavy atom. The van der Waals surface area contributed by atoms with Crippen molar-refractivity contribution in [2.24, 2.45) is 7.05 Å². The van der Waals surface area contributed by atoms with Crippen LogP contribution in [0.3, 0.4) is 0 Å². The number of aromatic nitrogens is 5. The number of rotatable bonds is 3. The van der Waals surface area contributed by atoms with Crippen molar-refractivity contribution >= 4 is 33.1 Å². The van der Waals surface area contributed by atoms with Crippen molar-refractivity contribution < 1.29 is 4.79 Å². The molecule has 4 aromatic rings. The first-order chi connectivity index (χ1) is 12.6. The third-order valence-corrected chi connectivity index (χ3v) is 5.23. The number of carbonyl (C=O) groups excluding carboxylic acids is 1. The first-order valence-electron chi connectivity index (χ1n) is 7.76. The average molecular weight is 366 g/mol. The second kappa shape index (κ2) is 6.19. The number of hydrogen-bond donors (Lipinski definition) is 1. The van der Waals surface area contributed by atoms with E-state index in [1.807, 2.05) is 18.2 Å². The number of nitrogens with one attached hydrogen (secondary N) is 1. The summed E-state index contributed by atoms with van der Waals surface area (Å²) in [6.45, 7) is 1.76. The first-order valence-corrected chi connectivity index (χ1v) is 8.58. The number of nitrogens with zero attached hydrogens (tertiary/aromatic N) is 5. The summed E-state index contributed by atoms with van der Waals surface area (Å²) in [4.78, 5) is 34.4. The smallest absolute Gasteiger partial charge is 0.266 e. The van der Waals surface area contributed by atoms with Gasteiger partial charge < -0.3 is 9.88 Å². The molecule has 3 heterocycles. The normalized spacial score (nSPS) is 11.0. The molecule has 9 heteroatoms. The summed E-state index contributed by atoms with van der Waals surface area (Å²) in [5.74, 6) is -0.292. The van der Waals surface area contributed by atoms with Crippen molar-refractivity contribution in [2.45, 2.75) is 6.92 Å². The molecule has 0 bridgehead atoms. The first kappa shape index (κ1) is 16.2. The van der Waals surface area contributed by atoms with Crippen molar-refractivity contribution in [3.8, 4) is 5.69 Å². The van der Waals surface area contributed by atoms with Gasteiger partial charge in [-0.15, -0.1) is 11.3 Å². The number of benzene rings is 1. The fourth-order valence-corrected chi connectivity index (χ4v) is 3.75. The minimum absolute atomic E-state index is 0.161. The number of fused-ring (bicyclic) bond motifs is 1. The Kier molecular flexibility index (Phi) is 3.85. The highest BCUT2D eigenvalue weighted by molar-refractivity contribution is 7.20. The van der Waals surface area contributed by atoms with Gasteiger partial charge in [-0.2, -0.15) is 5.10 Å². The van der Waals surface area contributed by atoms with E-state index in [4.69, 9.17) is 0 Å². The molecule has 8 nitrogen and oxygen atoms in total. The molecule has 0 saturated heterocycles. The maximum absolute atomic E-state index is 12.8. The van der Waals surface area contributed by atoms with Crippen molar-refractivity contribution in [3.63, 3.8) is 0 Å². The Bertz CT molecular complexity index is 1180. The predicted octanol–water partition coefficient (Wildman–Crippen LogP) is 2.14. The van der Waals surface area contributed by atoms with Crippen LogP contribution in [0.15, 0.2) is 48.0 Å². The van der Waals surface area contributed by atoms with Crippen molar-refractivity contribution in [1.29, 1.82) is 0 Å². The Morgan fingerprint density at radius 3 is 2.81 bits per heavy atom. The molecule has 3 aromatic heterocycles. The minimum Gasteiger partial charge on any atom is -0.319 e. The van der Waals surface area contributed by atoms with E-state index in [1.165, 1.54) is 28.6 Å². The number of carbonyl (C=O) groups is 1. The Hall–Kier alpha value is -3.33. The second-order valence-corrected chi connectivity index (χ2v) is 6.71. The molecule has 0 aliphatic rings. The molecule has 4 rings (SSSR count). The predicted molar refractivity (Wildman–Crippen MR) is 98.9 cm³/mol. The van der Waals surface area contributed by atoms with Crippen molar-refractivity contribution in [3.05, 3.63) is 64.0 Å². The highest BCUT2D eigenvalue weighted by atomic mass is 32.1. The topological polar surface area (TPSA) is 94.7 Å². The molecule has 1 aromatic carbocycles. The van der Waals surface area contributed by atoms with Crippen LogP contribution in [-0.2, 0) is 7.05 Å². The second-order valence-electron chi connectivity index (χ2n) is 5.71. The van der Waals surface area contributed by atoms with Crippen LogP contribution in [0, 0.1) is 6.92 Å². The zero-order valence-electron chi connectivity index (χ0n) is 14.0. The van der Waals surface area contributed by atoms with Gasteiger partial charge in [0.15, 0.2) is 0 Å². The van der Waals surface area contributed by atoms with Crippen LogP contribution < -0.4 is 10.9 Å². The van der Waals surface area contributed by atoms with Crippen LogP contribution in [-0.4, -0.2) is 30.2 Å². The van der Waals surface area contributed by atoms with Gasteiger partial charge in [-0.05, 0) is 24.6 Å².